The first-order valence-corrected chi connectivity index (χ1v) is 12.6. The molecule has 0 amide bonds. The van der Waals surface area contributed by atoms with E-state index in [0.29, 0.717) is 17.9 Å². The number of aromatic nitrogens is 1. The summed E-state index contributed by atoms with van der Waals surface area (Å²) in [5.74, 6) is 1.80. The predicted molar refractivity (Wildman–Crippen MR) is 133 cm³/mol. The Morgan fingerprint density at radius 1 is 0.909 bits per heavy atom. The van der Waals surface area contributed by atoms with Gasteiger partial charge in [-0.2, -0.15) is 0 Å². The second-order valence-electron chi connectivity index (χ2n) is 8.72. The Labute approximate surface area is 199 Å². The summed E-state index contributed by atoms with van der Waals surface area (Å²) in [4.78, 5) is 16.5. The van der Waals surface area contributed by atoms with E-state index in [9.17, 15) is 4.79 Å². The van der Waals surface area contributed by atoms with Gasteiger partial charge in [0.1, 0.15) is 11.5 Å². The molecule has 0 aliphatic rings. The van der Waals surface area contributed by atoms with Gasteiger partial charge in [-0.25, -0.2) is 0 Å². The molecule has 33 heavy (non-hydrogen) atoms. The highest BCUT2D eigenvalue weighted by atomic mass is 16.7. The van der Waals surface area contributed by atoms with Crippen molar-refractivity contribution in [3.63, 3.8) is 0 Å². The van der Waals surface area contributed by atoms with E-state index in [-0.39, 0.29) is 12.8 Å². The molecule has 0 saturated heterocycles. The molecule has 182 valence electrons. The molecule has 1 atom stereocenters. The minimum atomic E-state index is -0.172. The number of esters is 1. The third-order valence-electron chi connectivity index (χ3n) is 5.84. The average molecular weight is 456 g/mol. The number of benzene rings is 1. The van der Waals surface area contributed by atoms with Gasteiger partial charge in [-0.05, 0) is 55.2 Å². The summed E-state index contributed by atoms with van der Waals surface area (Å²) in [6.45, 7) is 7.64. The first-order chi connectivity index (χ1) is 16.1. The lowest BCUT2D eigenvalue weighted by molar-refractivity contribution is -0.134. The highest BCUT2D eigenvalue weighted by Gasteiger charge is 2.07. The lowest BCUT2D eigenvalue weighted by Crippen LogP contribution is -2.07. The van der Waals surface area contributed by atoms with E-state index in [1.165, 1.54) is 38.5 Å². The third-order valence-corrected chi connectivity index (χ3v) is 5.84. The average Bonchev–Trinajstić information content (AvgIpc) is 2.84. The van der Waals surface area contributed by atoms with Crippen LogP contribution < -0.4 is 9.47 Å². The molecule has 1 heterocycles. The SMILES string of the molecule is CCCCCCCOCOc1ccc(-c2ccc(OC(=O)CCCCC(C)CC)cc2)nc1. The fourth-order valence-electron chi connectivity index (χ4n) is 3.46. The molecule has 5 nitrogen and oxygen atoms in total. The summed E-state index contributed by atoms with van der Waals surface area (Å²) in [6, 6.07) is 11.3. The number of nitrogens with zero attached hydrogens (tertiary/aromatic N) is 1. The maximum absolute atomic E-state index is 12.0. The Hall–Kier alpha value is -2.40. The fraction of sp³-hybridized carbons (Fsp3) is 0.571. The van der Waals surface area contributed by atoms with Crippen molar-refractivity contribution in [3.8, 4) is 22.8 Å². The van der Waals surface area contributed by atoms with Crippen molar-refractivity contribution in [1.82, 2.24) is 4.98 Å². The largest absolute Gasteiger partial charge is 0.466 e. The van der Waals surface area contributed by atoms with Gasteiger partial charge in [0.2, 0.25) is 0 Å². The van der Waals surface area contributed by atoms with Gasteiger partial charge in [0.25, 0.3) is 0 Å². The Bertz CT molecular complexity index is 773. The molecule has 1 aromatic heterocycles. The summed E-state index contributed by atoms with van der Waals surface area (Å²) >= 11 is 0. The second kappa shape index (κ2) is 16.2. The molecular weight excluding hydrogens is 414 g/mol. The molecular formula is C28H41NO4. The molecule has 0 aliphatic carbocycles. The lowest BCUT2D eigenvalue weighted by atomic mass is 10.0. The van der Waals surface area contributed by atoms with Gasteiger partial charge in [0.05, 0.1) is 18.5 Å². The molecule has 1 aromatic carbocycles. The fourth-order valence-corrected chi connectivity index (χ4v) is 3.46. The van der Waals surface area contributed by atoms with E-state index in [1.807, 2.05) is 36.4 Å². The number of carbonyl (C=O) groups excluding carboxylic acids is 1. The van der Waals surface area contributed by atoms with Crippen molar-refractivity contribution in [2.45, 2.75) is 85.0 Å². The van der Waals surface area contributed by atoms with Gasteiger partial charge >= 0.3 is 5.97 Å². The summed E-state index contributed by atoms with van der Waals surface area (Å²) in [5, 5.41) is 0. The van der Waals surface area contributed by atoms with E-state index >= 15 is 0 Å². The van der Waals surface area contributed by atoms with E-state index < -0.39 is 0 Å². The van der Waals surface area contributed by atoms with E-state index in [4.69, 9.17) is 14.2 Å². The van der Waals surface area contributed by atoms with E-state index in [1.54, 1.807) is 6.20 Å². The molecule has 0 fully saturated rings. The topological polar surface area (TPSA) is 57.7 Å². The first kappa shape index (κ1) is 26.8. The second-order valence-corrected chi connectivity index (χ2v) is 8.72. The summed E-state index contributed by atoms with van der Waals surface area (Å²) in [6.07, 6.45) is 12.6. The van der Waals surface area contributed by atoms with Crippen LogP contribution in [0.1, 0.15) is 85.0 Å². The van der Waals surface area contributed by atoms with Gasteiger partial charge in [0.15, 0.2) is 6.79 Å². The minimum absolute atomic E-state index is 0.172. The first-order valence-electron chi connectivity index (χ1n) is 12.6. The van der Waals surface area contributed by atoms with Crippen molar-refractivity contribution >= 4 is 5.97 Å². The third kappa shape index (κ3) is 11.3. The molecule has 0 radical (unpaired) electrons. The van der Waals surface area contributed by atoms with Crippen LogP contribution in [0.25, 0.3) is 11.3 Å². The molecule has 0 saturated carbocycles. The Morgan fingerprint density at radius 2 is 1.67 bits per heavy atom. The van der Waals surface area contributed by atoms with Gasteiger partial charge in [-0.15, -0.1) is 0 Å². The molecule has 0 N–H and O–H groups in total. The van der Waals surface area contributed by atoms with Gasteiger partial charge in [-0.1, -0.05) is 65.7 Å². The number of hydrogen-bond acceptors (Lipinski definition) is 5. The zero-order chi connectivity index (χ0) is 23.7. The zero-order valence-electron chi connectivity index (χ0n) is 20.7. The maximum Gasteiger partial charge on any atom is 0.311 e. The van der Waals surface area contributed by atoms with Crippen LogP contribution in [0.3, 0.4) is 0 Å². The van der Waals surface area contributed by atoms with Crippen LogP contribution in [0.5, 0.6) is 11.5 Å². The van der Waals surface area contributed by atoms with Gasteiger partial charge < -0.3 is 14.2 Å². The van der Waals surface area contributed by atoms with Crippen LogP contribution in [-0.4, -0.2) is 24.4 Å². The highest BCUT2D eigenvalue weighted by Crippen LogP contribution is 2.23. The molecule has 0 aliphatic heterocycles. The number of hydrogen-bond donors (Lipinski definition) is 0. The molecule has 2 rings (SSSR count). The van der Waals surface area contributed by atoms with Crippen LogP contribution in [-0.2, 0) is 9.53 Å². The van der Waals surface area contributed by atoms with E-state index in [0.717, 1.165) is 43.0 Å². The van der Waals surface area contributed by atoms with Gasteiger partial charge in [-0.3, -0.25) is 9.78 Å². The van der Waals surface area contributed by atoms with Crippen molar-refractivity contribution in [1.29, 1.82) is 0 Å². The Morgan fingerprint density at radius 3 is 2.36 bits per heavy atom. The summed E-state index contributed by atoms with van der Waals surface area (Å²) in [7, 11) is 0. The molecule has 0 spiro atoms. The Balaban J connectivity index is 1.68. The summed E-state index contributed by atoms with van der Waals surface area (Å²) in [5.41, 5.74) is 1.79. The lowest BCUT2D eigenvalue weighted by Gasteiger charge is -2.09. The number of rotatable bonds is 17. The number of carbonyl (C=O) groups is 1. The Kier molecular flexibility index (Phi) is 13.2. The number of ether oxygens (including phenoxy) is 3. The van der Waals surface area contributed by atoms with Crippen molar-refractivity contribution in [2.24, 2.45) is 5.92 Å². The van der Waals surface area contributed by atoms with Crippen molar-refractivity contribution in [3.05, 3.63) is 42.6 Å². The quantitative estimate of drug-likeness (QED) is 0.106. The van der Waals surface area contributed by atoms with Crippen LogP contribution in [0, 0.1) is 5.92 Å². The smallest absolute Gasteiger partial charge is 0.311 e. The van der Waals surface area contributed by atoms with Crippen LogP contribution >= 0.6 is 0 Å². The molecule has 5 heteroatoms. The zero-order valence-corrected chi connectivity index (χ0v) is 20.7. The maximum atomic E-state index is 12.0. The normalized spacial score (nSPS) is 11.8. The highest BCUT2D eigenvalue weighted by molar-refractivity contribution is 5.72. The van der Waals surface area contributed by atoms with Gasteiger partial charge in [0, 0.05) is 12.0 Å². The molecule has 2 aromatic rings. The monoisotopic (exact) mass is 455 g/mol. The molecule has 1 unspecified atom stereocenters. The molecule has 0 bridgehead atoms. The number of unbranched alkanes of at least 4 members (excludes halogenated alkanes) is 5. The van der Waals surface area contributed by atoms with Crippen LogP contribution in [0.4, 0.5) is 0 Å². The van der Waals surface area contributed by atoms with Crippen LogP contribution in [0.15, 0.2) is 42.6 Å². The van der Waals surface area contributed by atoms with E-state index in [2.05, 4.69) is 25.8 Å². The standard InChI is InChI=1S/C28H41NO4/c1-4-6-7-8-11-20-31-22-32-26-18-19-27(29-21-26)24-14-16-25(17-15-24)33-28(30)13-10-9-12-23(3)5-2/h14-19,21,23H,4-13,20,22H2,1-3H3. The summed E-state index contributed by atoms with van der Waals surface area (Å²) < 4.78 is 16.6. The van der Waals surface area contributed by atoms with Crippen molar-refractivity contribution in [2.75, 3.05) is 13.4 Å². The minimum Gasteiger partial charge on any atom is -0.466 e. The number of pyridine rings is 1. The van der Waals surface area contributed by atoms with Crippen LogP contribution in [0.2, 0.25) is 0 Å². The van der Waals surface area contributed by atoms with Crippen molar-refractivity contribution < 1.29 is 19.0 Å². The predicted octanol–water partition coefficient (Wildman–Crippen LogP) is 7.58.